The first-order chi connectivity index (χ1) is 9.70. The fourth-order valence-corrected chi connectivity index (χ4v) is 2.24. The Balaban J connectivity index is 2.15. The summed E-state index contributed by atoms with van der Waals surface area (Å²) in [5.74, 6) is -0.274. The number of ether oxygens (including phenoxy) is 1. The summed E-state index contributed by atoms with van der Waals surface area (Å²) in [7, 11) is 1.60. The molecule has 1 N–H and O–H groups in total. The van der Waals surface area contributed by atoms with Gasteiger partial charge in [-0.1, -0.05) is 11.8 Å². The Kier molecular flexibility index (Phi) is 5.07. The summed E-state index contributed by atoms with van der Waals surface area (Å²) in [4.78, 5) is 14.5. The molecule has 0 unspecified atom stereocenters. The summed E-state index contributed by atoms with van der Waals surface area (Å²) in [6, 6.07) is 0. The number of thioether (sulfide) groups is 1. The molecule has 2 aromatic rings. The van der Waals surface area contributed by atoms with Gasteiger partial charge in [0.2, 0.25) is 0 Å². The van der Waals surface area contributed by atoms with Crippen molar-refractivity contribution in [3.8, 4) is 0 Å². The fourth-order valence-electron chi connectivity index (χ4n) is 1.54. The van der Waals surface area contributed by atoms with Crippen LogP contribution in [0.1, 0.15) is 5.82 Å². The summed E-state index contributed by atoms with van der Waals surface area (Å²) >= 11 is 1.13. The van der Waals surface area contributed by atoms with E-state index in [-0.39, 0.29) is 5.75 Å². The summed E-state index contributed by atoms with van der Waals surface area (Å²) in [5, 5.41) is 21.4. The second kappa shape index (κ2) is 7.01. The van der Waals surface area contributed by atoms with Crippen molar-refractivity contribution < 1.29 is 14.6 Å². The zero-order valence-electron chi connectivity index (χ0n) is 10.8. The van der Waals surface area contributed by atoms with Crippen molar-refractivity contribution in [3.05, 3.63) is 18.5 Å². The summed E-state index contributed by atoms with van der Waals surface area (Å²) in [5.41, 5.74) is 0. The third-order valence-corrected chi connectivity index (χ3v) is 3.36. The molecule has 0 fully saturated rings. The van der Waals surface area contributed by atoms with Crippen LogP contribution in [0.25, 0.3) is 0 Å². The molecule has 0 aliphatic carbocycles. The van der Waals surface area contributed by atoms with Crippen LogP contribution < -0.4 is 0 Å². The van der Waals surface area contributed by atoms with Gasteiger partial charge in [0.05, 0.1) is 12.4 Å². The highest BCUT2D eigenvalue weighted by molar-refractivity contribution is 7.99. The molecular formula is C10H14N6O3S. The Labute approximate surface area is 119 Å². The van der Waals surface area contributed by atoms with Crippen LogP contribution in [0, 0.1) is 0 Å². The topological polar surface area (TPSA) is 108 Å². The van der Waals surface area contributed by atoms with E-state index in [1.54, 1.807) is 18.1 Å². The number of rotatable bonds is 8. The predicted octanol–water partition coefficient (Wildman–Crippen LogP) is -0.259. The number of carboxylic acid groups (broad SMARTS) is 1. The van der Waals surface area contributed by atoms with Gasteiger partial charge >= 0.3 is 5.97 Å². The van der Waals surface area contributed by atoms with Crippen LogP contribution >= 0.6 is 11.8 Å². The van der Waals surface area contributed by atoms with E-state index in [0.29, 0.717) is 30.7 Å². The molecule has 0 bridgehead atoms. The van der Waals surface area contributed by atoms with Gasteiger partial charge in [0.15, 0.2) is 11.0 Å². The molecular weight excluding hydrogens is 284 g/mol. The number of hydrogen-bond acceptors (Lipinski definition) is 7. The van der Waals surface area contributed by atoms with Gasteiger partial charge in [-0.15, -0.1) is 10.2 Å². The molecule has 0 amide bonds. The van der Waals surface area contributed by atoms with Gasteiger partial charge in [-0.05, 0) is 0 Å². The minimum absolute atomic E-state index is 0.0611. The standard InChI is InChI=1S/C10H14N6O3S/c1-19-3-2-16-8(4-15-7-11-6-12-15)13-14-10(16)20-5-9(17)18/h6-7H,2-5H2,1H3,(H,17,18). The van der Waals surface area contributed by atoms with Gasteiger partial charge in [0.25, 0.3) is 0 Å². The largest absolute Gasteiger partial charge is 0.481 e. The molecule has 0 atom stereocenters. The average Bonchev–Trinajstić information content (AvgIpc) is 3.05. The monoisotopic (exact) mass is 298 g/mol. The van der Waals surface area contributed by atoms with Crippen molar-refractivity contribution in [3.63, 3.8) is 0 Å². The molecule has 9 nitrogen and oxygen atoms in total. The van der Waals surface area contributed by atoms with Gasteiger partial charge < -0.3 is 14.4 Å². The van der Waals surface area contributed by atoms with Gasteiger partial charge in [0, 0.05) is 13.7 Å². The second-order valence-corrected chi connectivity index (χ2v) is 4.76. The lowest BCUT2D eigenvalue weighted by atomic mass is 10.5. The number of aliphatic carboxylic acids is 1. The molecule has 0 aliphatic rings. The Morgan fingerprint density at radius 2 is 2.35 bits per heavy atom. The van der Waals surface area contributed by atoms with Crippen molar-refractivity contribution in [2.75, 3.05) is 19.5 Å². The molecule has 2 heterocycles. The maximum atomic E-state index is 10.6. The molecule has 0 saturated heterocycles. The SMILES string of the molecule is COCCn1c(Cn2cncn2)nnc1SCC(=O)O. The van der Waals surface area contributed by atoms with Crippen molar-refractivity contribution in [1.29, 1.82) is 0 Å². The lowest BCUT2D eigenvalue weighted by Crippen LogP contribution is -2.13. The summed E-state index contributed by atoms with van der Waals surface area (Å²) < 4.78 is 8.51. The Morgan fingerprint density at radius 3 is 3.00 bits per heavy atom. The quantitative estimate of drug-likeness (QED) is 0.664. The Morgan fingerprint density at radius 1 is 1.50 bits per heavy atom. The maximum Gasteiger partial charge on any atom is 0.313 e. The first-order valence-corrected chi connectivity index (χ1v) is 6.77. The van der Waals surface area contributed by atoms with Crippen molar-refractivity contribution in [1.82, 2.24) is 29.5 Å². The van der Waals surface area contributed by atoms with Crippen molar-refractivity contribution >= 4 is 17.7 Å². The van der Waals surface area contributed by atoms with E-state index in [0.717, 1.165) is 11.8 Å². The number of hydrogen-bond donors (Lipinski definition) is 1. The minimum atomic E-state index is -0.894. The van der Waals surface area contributed by atoms with Crippen LogP contribution in [0.4, 0.5) is 0 Å². The smallest absolute Gasteiger partial charge is 0.313 e. The first kappa shape index (κ1) is 14.5. The van der Waals surface area contributed by atoms with E-state index >= 15 is 0 Å². The highest BCUT2D eigenvalue weighted by Crippen LogP contribution is 2.17. The van der Waals surface area contributed by atoms with Crippen LogP contribution in [0.3, 0.4) is 0 Å². The number of carbonyl (C=O) groups is 1. The lowest BCUT2D eigenvalue weighted by Gasteiger charge is -2.08. The molecule has 10 heteroatoms. The van der Waals surface area contributed by atoms with Crippen LogP contribution in [0.5, 0.6) is 0 Å². The third-order valence-electron chi connectivity index (χ3n) is 2.41. The number of nitrogens with zero attached hydrogens (tertiary/aromatic N) is 6. The van der Waals surface area contributed by atoms with E-state index < -0.39 is 5.97 Å². The number of carboxylic acids is 1. The van der Waals surface area contributed by atoms with Crippen LogP contribution in [-0.2, 0) is 22.6 Å². The Hall–Kier alpha value is -1.94. The van der Waals surface area contributed by atoms with E-state index in [2.05, 4.69) is 20.3 Å². The summed E-state index contributed by atoms with van der Waals surface area (Å²) in [6.07, 6.45) is 3.02. The molecule has 0 saturated carbocycles. The van der Waals surface area contributed by atoms with E-state index in [4.69, 9.17) is 9.84 Å². The maximum absolute atomic E-state index is 10.6. The number of aromatic nitrogens is 6. The van der Waals surface area contributed by atoms with Crippen LogP contribution in [-0.4, -0.2) is 60.1 Å². The third kappa shape index (κ3) is 3.78. The summed E-state index contributed by atoms with van der Waals surface area (Å²) in [6.45, 7) is 1.46. The van der Waals surface area contributed by atoms with Gasteiger partial charge in [-0.25, -0.2) is 9.67 Å². The van der Waals surface area contributed by atoms with E-state index in [1.807, 2.05) is 4.57 Å². The molecule has 2 rings (SSSR count). The first-order valence-electron chi connectivity index (χ1n) is 5.78. The number of methoxy groups -OCH3 is 1. The molecule has 0 aromatic carbocycles. The molecule has 0 radical (unpaired) electrons. The zero-order chi connectivity index (χ0) is 14.4. The molecule has 20 heavy (non-hydrogen) atoms. The van der Waals surface area contributed by atoms with Crippen molar-refractivity contribution in [2.24, 2.45) is 0 Å². The van der Waals surface area contributed by atoms with Gasteiger partial charge in [-0.2, -0.15) is 5.10 Å². The van der Waals surface area contributed by atoms with Gasteiger partial charge in [0.1, 0.15) is 19.2 Å². The van der Waals surface area contributed by atoms with Crippen LogP contribution in [0.15, 0.2) is 17.8 Å². The van der Waals surface area contributed by atoms with Crippen molar-refractivity contribution in [2.45, 2.75) is 18.2 Å². The molecule has 108 valence electrons. The Bertz CT molecular complexity index is 555. The highest BCUT2D eigenvalue weighted by Gasteiger charge is 2.14. The average molecular weight is 298 g/mol. The highest BCUT2D eigenvalue weighted by atomic mass is 32.2. The minimum Gasteiger partial charge on any atom is -0.481 e. The van der Waals surface area contributed by atoms with Gasteiger partial charge in [-0.3, -0.25) is 4.79 Å². The molecule has 0 aliphatic heterocycles. The van der Waals surface area contributed by atoms with Crippen LogP contribution in [0.2, 0.25) is 0 Å². The second-order valence-electron chi connectivity index (χ2n) is 3.82. The molecule has 0 spiro atoms. The van der Waals surface area contributed by atoms with E-state index in [1.165, 1.54) is 6.33 Å². The van der Waals surface area contributed by atoms with E-state index in [9.17, 15) is 4.79 Å². The normalized spacial score (nSPS) is 10.8. The fraction of sp³-hybridized carbons (Fsp3) is 0.500. The lowest BCUT2D eigenvalue weighted by molar-refractivity contribution is -0.133. The molecule has 2 aromatic heterocycles. The zero-order valence-corrected chi connectivity index (χ0v) is 11.7. The predicted molar refractivity (Wildman–Crippen MR) is 69.4 cm³/mol.